The zero-order valence-electron chi connectivity index (χ0n) is 15.8. The van der Waals surface area contributed by atoms with Gasteiger partial charge in [0.15, 0.2) is 5.60 Å². The average molecular weight is 428 g/mol. The number of esters is 1. The standard InChI is InChI=1S/C22H18ClNO4S/c1-22(16-6-4-3-5-7-16,17-10-13-20(29-2)19(23)14-17)28-21(25)15-8-11-18(12-9-15)24(26)27/h3-14H,1-2H3. The molecular weight excluding hydrogens is 410 g/mol. The number of hydrogen-bond donors (Lipinski definition) is 0. The van der Waals surface area contributed by atoms with Crippen molar-refractivity contribution in [2.45, 2.75) is 17.4 Å². The predicted molar refractivity (Wildman–Crippen MR) is 115 cm³/mol. The van der Waals surface area contributed by atoms with Crippen molar-refractivity contribution in [1.29, 1.82) is 0 Å². The molecular formula is C22H18ClNO4S. The molecule has 0 aliphatic rings. The number of benzene rings is 3. The topological polar surface area (TPSA) is 69.4 Å². The van der Waals surface area contributed by atoms with E-state index in [9.17, 15) is 14.9 Å². The number of ether oxygens (including phenoxy) is 1. The van der Waals surface area contributed by atoms with Gasteiger partial charge in [0.25, 0.3) is 5.69 Å². The van der Waals surface area contributed by atoms with Crippen molar-refractivity contribution in [1.82, 2.24) is 0 Å². The van der Waals surface area contributed by atoms with E-state index in [1.807, 2.05) is 48.7 Å². The van der Waals surface area contributed by atoms with Gasteiger partial charge in [0.1, 0.15) is 0 Å². The van der Waals surface area contributed by atoms with Crippen molar-refractivity contribution >= 4 is 35.0 Å². The molecule has 1 atom stereocenters. The SMILES string of the molecule is CSc1ccc(C(C)(OC(=O)c2ccc([N+](=O)[O-])cc2)c2ccccc2)cc1Cl. The second-order valence-corrected chi connectivity index (χ2v) is 7.70. The van der Waals surface area contributed by atoms with Crippen molar-refractivity contribution < 1.29 is 14.5 Å². The van der Waals surface area contributed by atoms with Crippen LogP contribution in [0.25, 0.3) is 0 Å². The lowest BCUT2D eigenvalue weighted by Crippen LogP contribution is -2.30. The Labute approximate surface area is 177 Å². The molecule has 3 aromatic rings. The van der Waals surface area contributed by atoms with E-state index in [0.29, 0.717) is 5.02 Å². The van der Waals surface area contributed by atoms with Gasteiger partial charge in [0.2, 0.25) is 0 Å². The minimum atomic E-state index is -1.10. The molecule has 0 saturated carbocycles. The van der Waals surface area contributed by atoms with Crippen molar-refractivity contribution in [3.05, 3.63) is 105 Å². The number of hydrogen-bond acceptors (Lipinski definition) is 5. The van der Waals surface area contributed by atoms with Crippen LogP contribution in [-0.4, -0.2) is 17.1 Å². The zero-order chi connectivity index (χ0) is 21.0. The summed E-state index contributed by atoms with van der Waals surface area (Å²) in [5.74, 6) is -0.587. The normalized spacial score (nSPS) is 12.8. The molecule has 0 aromatic heterocycles. The molecule has 0 aliphatic heterocycles. The van der Waals surface area contributed by atoms with Crippen LogP contribution in [0.1, 0.15) is 28.4 Å². The molecule has 0 aliphatic carbocycles. The van der Waals surface area contributed by atoms with Crippen LogP contribution in [0, 0.1) is 10.1 Å². The van der Waals surface area contributed by atoms with Gasteiger partial charge in [0.05, 0.1) is 15.5 Å². The van der Waals surface area contributed by atoms with Gasteiger partial charge in [0, 0.05) is 22.6 Å². The third-order valence-corrected chi connectivity index (χ3v) is 5.86. The van der Waals surface area contributed by atoms with Gasteiger partial charge in [-0.15, -0.1) is 11.8 Å². The second-order valence-electron chi connectivity index (χ2n) is 6.44. The quantitative estimate of drug-likeness (QED) is 0.206. The number of nitro groups is 1. The van der Waals surface area contributed by atoms with Gasteiger partial charge in [-0.2, -0.15) is 0 Å². The number of carbonyl (C=O) groups is 1. The van der Waals surface area contributed by atoms with Gasteiger partial charge in [-0.1, -0.05) is 48.0 Å². The lowest BCUT2D eigenvalue weighted by Gasteiger charge is -2.31. The van der Waals surface area contributed by atoms with E-state index in [1.165, 1.54) is 36.0 Å². The summed E-state index contributed by atoms with van der Waals surface area (Å²) in [4.78, 5) is 24.1. The van der Waals surface area contributed by atoms with Crippen molar-refractivity contribution in [2.75, 3.05) is 6.26 Å². The van der Waals surface area contributed by atoms with Crippen LogP contribution >= 0.6 is 23.4 Å². The number of non-ortho nitro benzene ring substituents is 1. The molecule has 148 valence electrons. The molecule has 0 fully saturated rings. The first kappa shape index (κ1) is 20.9. The second kappa shape index (κ2) is 8.68. The largest absolute Gasteiger partial charge is 0.446 e. The van der Waals surface area contributed by atoms with Crippen LogP contribution < -0.4 is 0 Å². The van der Waals surface area contributed by atoms with E-state index in [4.69, 9.17) is 16.3 Å². The Morgan fingerprint density at radius 1 is 1.03 bits per heavy atom. The average Bonchev–Trinajstić information content (AvgIpc) is 2.74. The molecule has 0 heterocycles. The van der Waals surface area contributed by atoms with Crippen LogP contribution in [0.3, 0.4) is 0 Å². The third-order valence-electron chi connectivity index (χ3n) is 4.64. The van der Waals surface area contributed by atoms with Crippen LogP contribution in [0.15, 0.2) is 77.7 Å². The summed E-state index contributed by atoms with van der Waals surface area (Å²) in [7, 11) is 0. The first-order chi connectivity index (χ1) is 13.8. The minimum Gasteiger partial charge on any atom is -0.446 e. The summed E-state index contributed by atoms with van der Waals surface area (Å²) < 4.78 is 5.95. The highest BCUT2D eigenvalue weighted by molar-refractivity contribution is 7.98. The van der Waals surface area contributed by atoms with E-state index in [0.717, 1.165) is 16.0 Å². The Morgan fingerprint density at radius 3 is 2.24 bits per heavy atom. The predicted octanol–water partition coefficient (Wildman–Crippen LogP) is 6.09. The summed E-state index contributed by atoms with van der Waals surface area (Å²) in [5, 5.41) is 11.4. The van der Waals surface area contributed by atoms with Gasteiger partial charge < -0.3 is 4.74 Å². The van der Waals surface area contributed by atoms with E-state index < -0.39 is 16.5 Å². The Hall–Kier alpha value is -2.83. The van der Waals surface area contributed by atoms with E-state index in [-0.39, 0.29) is 11.3 Å². The first-order valence-corrected chi connectivity index (χ1v) is 10.3. The third kappa shape index (κ3) is 4.44. The summed E-state index contributed by atoms with van der Waals surface area (Å²) in [6.07, 6.45) is 1.94. The number of thioether (sulfide) groups is 1. The van der Waals surface area contributed by atoms with Gasteiger partial charge >= 0.3 is 5.97 Å². The number of halogens is 1. The smallest absolute Gasteiger partial charge is 0.339 e. The summed E-state index contributed by atoms with van der Waals surface area (Å²) >= 11 is 7.93. The highest BCUT2D eigenvalue weighted by Crippen LogP contribution is 2.37. The fourth-order valence-corrected chi connectivity index (χ4v) is 3.84. The van der Waals surface area contributed by atoms with Crippen molar-refractivity contribution in [3.8, 4) is 0 Å². The zero-order valence-corrected chi connectivity index (χ0v) is 17.4. The maximum absolute atomic E-state index is 12.9. The molecule has 0 bridgehead atoms. The molecule has 5 nitrogen and oxygen atoms in total. The summed E-state index contributed by atoms with van der Waals surface area (Å²) in [6.45, 7) is 1.80. The molecule has 7 heteroatoms. The van der Waals surface area contributed by atoms with Gasteiger partial charge in [-0.3, -0.25) is 10.1 Å². The molecule has 0 amide bonds. The Kier molecular flexibility index (Phi) is 6.25. The van der Waals surface area contributed by atoms with E-state index in [2.05, 4.69) is 0 Å². The molecule has 0 N–H and O–H groups in total. The van der Waals surface area contributed by atoms with Crippen LogP contribution in [0.4, 0.5) is 5.69 Å². The summed E-state index contributed by atoms with van der Waals surface area (Å²) in [6, 6.07) is 20.3. The molecule has 3 rings (SSSR count). The van der Waals surface area contributed by atoms with Crippen LogP contribution in [0.5, 0.6) is 0 Å². The molecule has 0 spiro atoms. The fraction of sp³-hybridized carbons (Fsp3) is 0.136. The highest BCUT2D eigenvalue weighted by atomic mass is 35.5. The molecule has 0 radical (unpaired) electrons. The molecule has 3 aromatic carbocycles. The lowest BCUT2D eigenvalue weighted by molar-refractivity contribution is -0.384. The number of nitro benzene ring substituents is 1. The van der Waals surface area contributed by atoms with Gasteiger partial charge in [-0.25, -0.2) is 4.79 Å². The Morgan fingerprint density at radius 2 is 1.69 bits per heavy atom. The molecule has 1 unspecified atom stereocenters. The fourth-order valence-electron chi connectivity index (χ4n) is 2.97. The van der Waals surface area contributed by atoms with Crippen LogP contribution in [0.2, 0.25) is 5.02 Å². The minimum absolute atomic E-state index is 0.0909. The highest BCUT2D eigenvalue weighted by Gasteiger charge is 2.34. The first-order valence-electron chi connectivity index (χ1n) is 8.72. The number of rotatable bonds is 6. The monoisotopic (exact) mass is 427 g/mol. The molecule has 0 saturated heterocycles. The van der Waals surface area contributed by atoms with Gasteiger partial charge in [-0.05, 0) is 43.0 Å². The van der Waals surface area contributed by atoms with Crippen LogP contribution in [-0.2, 0) is 10.3 Å². The number of carbonyl (C=O) groups excluding carboxylic acids is 1. The van der Waals surface area contributed by atoms with E-state index >= 15 is 0 Å². The Balaban J connectivity index is 2.01. The Bertz CT molecular complexity index is 1040. The van der Waals surface area contributed by atoms with Crippen molar-refractivity contribution in [2.24, 2.45) is 0 Å². The number of nitrogens with zero attached hydrogens (tertiary/aromatic N) is 1. The maximum Gasteiger partial charge on any atom is 0.339 e. The summed E-state index contributed by atoms with van der Waals surface area (Å²) in [5.41, 5.74) is 0.544. The van der Waals surface area contributed by atoms with E-state index in [1.54, 1.807) is 13.0 Å². The maximum atomic E-state index is 12.9. The lowest BCUT2D eigenvalue weighted by atomic mass is 9.88. The molecule has 29 heavy (non-hydrogen) atoms. The van der Waals surface area contributed by atoms with Crippen molar-refractivity contribution in [3.63, 3.8) is 0 Å².